The summed E-state index contributed by atoms with van der Waals surface area (Å²) in [4.78, 5) is 29.2. The lowest BCUT2D eigenvalue weighted by Crippen LogP contribution is -2.27. The van der Waals surface area contributed by atoms with E-state index >= 15 is 0 Å². The van der Waals surface area contributed by atoms with Crippen LogP contribution in [0.15, 0.2) is 91.6 Å². The number of benzene rings is 3. The summed E-state index contributed by atoms with van der Waals surface area (Å²) in [6.07, 6.45) is 0.396. The highest BCUT2D eigenvalue weighted by Crippen LogP contribution is 2.37. The Hall–Kier alpha value is -2.74. The highest BCUT2D eigenvalue weighted by Gasteiger charge is 2.35. The SMILES string of the molecule is O=C(CCl)N1N=C(c2c(-c3ccccc3)c3cc(Br)ccc3[nH]c2=O)C[C@H]1c1ccc(Br)cc1. The molecule has 5 nitrogen and oxygen atoms in total. The van der Waals surface area contributed by atoms with Crippen molar-refractivity contribution in [3.8, 4) is 11.1 Å². The Morgan fingerprint density at radius 1 is 1.00 bits per heavy atom. The van der Waals surface area contributed by atoms with Crippen LogP contribution in [0.4, 0.5) is 0 Å². The van der Waals surface area contributed by atoms with Gasteiger partial charge in [-0.05, 0) is 41.5 Å². The third-order valence-electron chi connectivity index (χ3n) is 5.86. The number of nitrogens with one attached hydrogen (secondary N) is 1. The molecule has 1 N–H and O–H groups in total. The molecule has 1 aliphatic heterocycles. The first-order valence-electron chi connectivity index (χ1n) is 10.6. The minimum Gasteiger partial charge on any atom is -0.321 e. The van der Waals surface area contributed by atoms with Crippen molar-refractivity contribution in [2.45, 2.75) is 12.5 Å². The Kier molecular flexibility index (Phi) is 6.42. The van der Waals surface area contributed by atoms with Crippen LogP contribution in [0.2, 0.25) is 0 Å². The summed E-state index contributed by atoms with van der Waals surface area (Å²) in [5.74, 6) is -0.512. The number of aromatic nitrogens is 1. The first kappa shape index (κ1) is 23.0. The predicted octanol–water partition coefficient (Wildman–Crippen LogP) is 6.64. The minimum atomic E-state index is -0.351. The van der Waals surface area contributed by atoms with Crippen LogP contribution >= 0.6 is 43.5 Å². The number of alkyl halides is 1. The van der Waals surface area contributed by atoms with Gasteiger partial charge in [0.05, 0.1) is 17.3 Å². The second-order valence-electron chi connectivity index (χ2n) is 7.95. The summed E-state index contributed by atoms with van der Waals surface area (Å²) in [5, 5.41) is 6.95. The Morgan fingerprint density at radius 2 is 1.71 bits per heavy atom. The number of nitrogens with zero attached hydrogens (tertiary/aromatic N) is 2. The molecule has 1 amide bonds. The van der Waals surface area contributed by atoms with Gasteiger partial charge in [0, 0.05) is 31.8 Å². The summed E-state index contributed by atoms with van der Waals surface area (Å²) < 4.78 is 1.84. The molecule has 8 heteroatoms. The fourth-order valence-corrected chi connectivity index (χ4v) is 5.09. The van der Waals surface area contributed by atoms with Crippen LogP contribution in [-0.2, 0) is 4.79 Å². The van der Waals surface area contributed by atoms with Crippen molar-refractivity contribution in [1.29, 1.82) is 0 Å². The van der Waals surface area contributed by atoms with E-state index in [0.717, 1.165) is 36.5 Å². The molecule has 170 valence electrons. The van der Waals surface area contributed by atoms with E-state index in [0.29, 0.717) is 17.7 Å². The van der Waals surface area contributed by atoms with Crippen molar-refractivity contribution < 1.29 is 4.79 Å². The van der Waals surface area contributed by atoms with Crippen molar-refractivity contribution >= 4 is 66.0 Å². The maximum atomic E-state index is 13.4. The molecule has 0 unspecified atom stereocenters. The smallest absolute Gasteiger partial charge is 0.258 e. The summed E-state index contributed by atoms with van der Waals surface area (Å²) in [7, 11) is 0. The lowest BCUT2D eigenvalue weighted by Gasteiger charge is -2.21. The lowest BCUT2D eigenvalue weighted by atomic mass is 9.91. The number of pyridine rings is 1. The number of hydrogen-bond donors (Lipinski definition) is 1. The van der Waals surface area contributed by atoms with E-state index in [1.165, 1.54) is 5.01 Å². The predicted molar refractivity (Wildman–Crippen MR) is 143 cm³/mol. The Balaban J connectivity index is 1.74. The molecule has 0 aliphatic carbocycles. The Bertz CT molecular complexity index is 1480. The zero-order valence-corrected chi connectivity index (χ0v) is 21.7. The summed E-state index contributed by atoms with van der Waals surface area (Å²) in [6, 6.07) is 22.9. The maximum absolute atomic E-state index is 13.4. The molecule has 1 aliphatic rings. The van der Waals surface area contributed by atoms with Crippen molar-refractivity contribution in [3.05, 3.63) is 103 Å². The summed E-state index contributed by atoms with van der Waals surface area (Å²) in [5.41, 5.74) is 4.10. The van der Waals surface area contributed by atoms with Gasteiger partial charge in [0.25, 0.3) is 11.5 Å². The van der Waals surface area contributed by atoms with Crippen molar-refractivity contribution in [3.63, 3.8) is 0 Å². The molecule has 0 fully saturated rings. The van der Waals surface area contributed by atoms with Gasteiger partial charge in [0.15, 0.2) is 0 Å². The molecule has 3 aromatic carbocycles. The number of hydrogen-bond acceptors (Lipinski definition) is 3. The number of aromatic amines is 1. The molecule has 4 aromatic rings. The van der Waals surface area contributed by atoms with Crippen LogP contribution in [0.3, 0.4) is 0 Å². The zero-order valence-electron chi connectivity index (χ0n) is 17.8. The van der Waals surface area contributed by atoms with E-state index < -0.39 is 0 Å². The molecular formula is C26H18Br2ClN3O2. The van der Waals surface area contributed by atoms with E-state index in [-0.39, 0.29) is 23.4 Å². The van der Waals surface area contributed by atoms with Gasteiger partial charge >= 0.3 is 0 Å². The molecule has 0 radical (unpaired) electrons. The highest BCUT2D eigenvalue weighted by molar-refractivity contribution is 9.10. The van der Waals surface area contributed by atoms with Crippen LogP contribution in [0, 0.1) is 0 Å². The lowest BCUT2D eigenvalue weighted by molar-refractivity contribution is -0.130. The standard InChI is InChI=1S/C26H18Br2ClN3O2/c27-17-8-6-15(7-9-17)22-13-21(31-32(22)23(33)14-29)25-24(16-4-2-1-3-5-16)19-12-18(28)10-11-20(19)30-26(25)34/h1-12,22H,13-14H2,(H,30,34)/t22-/m0/s1. The van der Waals surface area contributed by atoms with Gasteiger partial charge < -0.3 is 4.98 Å². The topological polar surface area (TPSA) is 65.5 Å². The van der Waals surface area contributed by atoms with Crippen LogP contribution < -0.4 is 5.56 Å². The average Bonchev–Trinajstić information content (AvgIpc) is 3.29. The average molecular weight is 600 g/mol. The molecule has 1 aromatic heterocycles. The zero-order chi connectivity index (χ0) is 23.8. The number of carbonyl (C=O) groups excluding carboxylic acids is 1. The minimum absolute atomic E-state index is 0.198. The Morgan fingerprint density at radius 3 is 2.41 bits per heavy atom. The number of amides is 1. The van der Waals surface area contributed by atoms with Gasteiger partial charge in [0.1, 0.15) is 5.88 Å². The van der Waals surface area contributed by atoms with E-state index in [2.05, 4.69) is 41.9 Å². The third kappa shape index (κ3) is 4.24. The normalized spacial score (nSPS) is 15.6. The first-order chi connectivity index (χ1) is 16.5. The van der Waals surface area contributed by atoms with E-state index in [1.807, 2.05) is 72.8 Å². The fraction of sp³-hybridized carbons (Fsp3) is 0.115. The van der Waals surface area contributed by atoms with Gasteiger partial charge in [-0.25, -0.2) is 5.01 Å². The maximum Gasteiger partial charge on any atom is 0.258 e. The van der Waals surface area contributed by atoms with Crippen LogP contribution in [0.5, 0.6) is 0 Å². The Labute approximate surface area is 217 Å². The fourth-order valence-electron chi connectivity index (χ4n) is 4.34. The third-order valence-corrected chi connectivity index (χ3v) is 7.11. The van der Waals surface area contributed by atoms with Gasteiger partial charge in [-0.2, -0.15) is 5.10 Å². The molecule has 2 heterocycles. The number of rotatable bonds is 4. The molecule has 0 saturated carbocycles. The summed E-state index contributed by atoms with van der Waals surface area (Å²) >= 11 is 12.9. The van der Waals surface area contributed by atoms with Crippen LogP contribution in [0.1, 0.15) is 23.6 Å². The second kappa shape index (κ2) is 9.49. The number of hydrazone groups is 1. The van der Waals surface area contributed by atoms with Crippen molar-refractivity contribution in [1.82, 2.24) is 9.99 Å². The van der Waals surface area contributed by atoms with E-state index in [9.17, 15) is 9.59 Å². The van der Waals surface area contributed by atoms with E-state index in [1.54, 1.807) is 0 Å². The number of H-pyrrole nitrogens is 1. The monoisotopic (exact) mass is 597 g/mol. The molecule has 1 atom stereocenters. The number of halogens is 3. The molecule has 5 rings (SSSR count). The van der Waals surface area contributed by atoms with Gasteiger partial charge in [-0.1, -0.05) is 74.3 Å². The molecule has 0 bridgehead atoms. The second-order valence-corrected chi connectivity index (χ2v) is 10.0. The van der Waals surface area contributed by atoms with Crippen molar-refractivity contribution in [2.75, 3.05) is 5.88 Å². The molecule has 0 saturated heterocycles. The van der Waals surface area contributed by atoms with E-state index in [4.69, 9.17) is 11.6 Å². The van der Waals surface area contributed by atoms with Gasteiger partial charge in [-0.3, -0.25) is 9.59 Å². The molecule has 0 spiro atoms. The van der Waals surface area contributed by atoms with Gasteiger partial charge in [0.2, 0.25) is 0 Å². The van der Waals surface area contributed by atoms with Crippen molar-refractivity contribution in [2.24, 2.45) is 5.10 Å². The summed E-state index contributed by atoms with van der Waals surface area (Å²) in [6.45, 7) is 0. The van der Waals surface area contributed by atoms with Crippen LogP contribution in [-0.4, -0.2) is 27.5 Å². The largest absolute Gasteiger partial charge is 0.321 e. The van der Waals surface area contributed by atoms with Crippen LogP contribution in [0.25, 0.3) is 22.0 Å². The first-order valence-corrected chi connectivity index (χ1v) is 12.7. The van der Waals surface area contributed by atoms with Gasteiger partial charge in [-0.15, -0.1) is 11.6 Å². The highest BCUT2D eigenvalue weighted by atomic mass is 79.9. The number of carbonyl (C=O) groups is 1. The number of fused-ring (bicyclic) bond motifs is 1. The molecular weight excluding hydrogens is 582 g/mol. The quantitative estimate of drug-likeness (QED) is 0.268. The molecule has 34 heavy (non-hydrogen) atoms.